The molecule has 0 spiro atoms. The number of aryl methyl sites for hydroxylation is 2. The summed E-state index contributed by atoms with van der Waals surface area (Å²) >= 11 is 0. The minimum absolute atomic E-state index is 0.00915. The number of aromatic nitrogens is 1. The first-order valence-corrected chi connectivity index (χ1v) is 10.4. The molecule has 1 aromatic heterocycles. The van der Waals surface area contributed by atoms with Crippen LogP contribution in [-0.2, 0) is 12.7 Å². The second-order valence-electron chi connectivity index (χ2n) is 7.77. The second kappa shape index (κ2) is 10.3. The number of nitrogens with one attached hydrogen (secondary N) is 2. The summed E-state index contributed by atoms with van der Waals surface area (Å²) in [4.78, 5) is 38.9. The van der Waals surface area contributed by atoms with Crippen molar-refractivity contribution in [3.8, 4) is 11.5 Å². The molecule has 2 aromatic carbocycles. The van der Waals surface area contributed by atoms with Crippen molar-refractivity contribution < 1.29 is 37.4 Å². The van der Waals surface area contributed by atoms with Crippen molar-refractivity contribution in [2.75, 3.05) is 5.32 Å². The molecule has 0 aliphatic rings. The van der Waals surface area contributed by atoms with Crippen LogP contribution in [-0.4, -0.2) is 28.0 Å². The molecule has 0 unspecified atom stereocenters. The minimum Gasteiger partial charge on any atom is -0.477 e. The van der Waals surface area contributed by atoms with E-state index in [1.165, 1.54) is 25.3 Å². The number of alkyl halides is 3. The summed E-state index contributed by atoms with van der Waals surface area (Å²) in [6.45, 7) is 3.04. The van der Waals surface area contributed by atoms with Crippen LogP contribution in [0, 0.1) is 13.8 Å². The number of hydrogen-bond acceptors (Lipinski definition) is 5. The van der Waals surface area contributed by atoms with Gasteiger partial charge in [-0.05, 0) is 54.8 Å². The number of carboxylic acids is 1. The highest BCUT2D eigenvalue weighted by Crippen LogP contribution is 2.34. The normalized spacial score (nSPS) is 11.0. The molecule has 0 aliphatic heterocycles. The van der Waals surface area contributed by atoms with Crippen LogP contribution in [0.15, 0.2) is 48.7 Å². The molecule has 9 nitrogen and oxygen atoms in total. The molecule has 0 bridgehead atoms. The van der Waals surface area contributed by atoms with Crippen LogP contribution in [0.25, 0.3) is 0 Å². The average Bonchev–Trinajstić information content (AvgIpc) is 2.78. The van der Waals surface area contributed by atoms with Gasteiger partial charge in [0.1, 0.15) is 11.5 Å². The highest BCUT2D eigenvalue weighted by atomic mass is 19.4. The third kappa shape index (κ3) is 6.29. The summed E-state index contributed by atoms with van der Waals surface area (Å²) in [6, 6.07) is 8.34. The lowest BCUT2D eigenvalue weighted by molar-refractivity contribution is -0.137. The van der Waals surface area contributed by atoms with E-state index in [1.54, 1.807) is 25.1 Å². The molecule has 0 radical (unpaired) electrons. The van der Waals surface area contributed by atoms with Gasteiger partial charge >= 0.3 is 18.2 Å². The maximum Gasteiger partial charge on any atom is 0.416 e. The molecule has 0 aliphatic carbocycles. The Balaban J connectivity index is 1.70. The van der Waals surface area contributed by atoms with E-state index in [0.717, 1.165) is 6.07 Å². The lowest BCUT2D eigenvalue weighted by Gasteiger charge is -2.16. The Bertz CT molecular complexity index is 1340. The number of urea groups is 1. The highest BCUT2D eigenvalue weighted by Gasteiger charge is 2.32. The largest absolute Gasteiger partial charge is 0.477 e. The molecule has 0 saturated heterocycles. The predicted octanol–water partition coefficient (Wildman–Crippen LogP) is 4.63. The Morgan fingerprint density at radius 3 is 2.39 bits per heavy atom. The molecular formula is C24H21F3N4O5. The van der Waals surface area contributed by atoms with Gasteiger partial charge in [0.25, 0.3) is 5.91 Å². The first-order valence-electron chi connectivity index (χ1n) is 10.4. The van der Waals surface area contributed by atoms with Gasteiger partial charge in [-0.1, -0.05) is 12.1 Å². The Morgan fingerprint density at radius 2 is 1.78 bits per heavy atom. The standard InChI is InChI=1S/C24H21F3N4O5/c1-12-7-14(3-4-19(12)36-16-5-6-29-18(10-16)22(33)34)11-30-23(35)31-17-9-15(24(25,26)27)8-13(2)20(17)21(28)32/h3-10H,11H2,1-2H3,(H2,28,32)(H,33,34)(H2,30,31,35). The van der Waals surface area contributed by atoms with Crippen molar-refractivity contribution in [2.45, 2.75) is 26.6 Å². The Kier molecular flexibility index (Phi) is 7.47. The number of primary amides is 1. The van der Waals surface area contributed by atoms with Crippen molar-refractivity contribution in [2.24, 2.45) is 5.73 Å². The topological polar surface area (TPSA) is 144 Å². The summed E-state index contributed by atoms with van der Waals surface area (Å²) in [5.74, 6) is -1.46. The maximum atomic E-state index is 13.2. The molecule has 1 heterocycles. The maximum absolute atomic E-state index is 13.2. The summed E-state index contributed by atoms with van der Waals surface area (Å²) in [5.41, 5.74) is 4.80. The fourth-order valence-electron chi connectivity index (χ4n) is 3.38. The van der Waals surface area contributed by atoms with E-state index >= 15 is 0 Å². The zero-order valence-electron chi connectivity index (χ0n) is 19.1. The number of ether oxygens (including phenoxy) is 1. The molecule has 36 heavy (non-hydrogen) atoms. The smallest absolute Gasteiger partial charge is 0.416 e. The van der Waals surface area contributed by atoms with Gasteiger partial charge < -0.3 is 26.2 Å². The zero-order valence-corrected chi connectivity index (χ0v) is 19.1. The summed E-state index contributed by atoms with van der Waals surface area (Å²) in [5, 5.41) is 13.8. The average molecular weight is 502 g/mol. The number of carbonyl (C=O) groups excluding carboxylic acids is 2. The minimum atomic E-state index is -4.68. The van der Waals surface area contributed by atoms with Crippen LogP contribution >= 0.6 is 0 Å². The van der Waals surface area contributed by atoms with Gasteiger partial charge in [-0.3, -0.25) is 4.79 Å². The highest BCUT2D eigenvalue weighted by molar-refractivity contribution is 6.04. The van der Waals surface area contributed by atoms with Crippen molar-refractivity contribution in [1.82, 2.24) is 10.3 Å². The Hall–Kier alpha value is -4.61. The Labute approximate surface area is 203 Å². The molecular weight excluding hydrogens is 481 g/mol. The number of nitrogens with two attached hydrogens (primary N) is 1. The fourth-order valence-corrected chi connectivity index (χ4v) is 3.38. The molecule has 3 aromatic rings. The number of nitrogens with zero attached hydrogens (tertiary/aromatic N) is 1. The lowest BCUT2D eigenvalue weighted by atomic mass is 10.0. The van der Waals surface area contributed by atoms with Crippen LogP contribution in [0.4, 0.5) is 23.7 Å². The van der Waals surface area contributed by atoms with E-state index in [0.29, 0.717) is 22.9 Å². The van der Waals surface area contributed by atoms with Gasteiger partial charge in [0.15, 0.2) is 5.69 Å². The number of hydrogen-bond donors (Lipinski definition) is 4. The quantitative estimate of drug-likeness (QED) is 0.371. The van der Waals surface area contributed by atoms with E-state index in [4.69, 9.17) is 15.6 Å². The van der Waals surface area contributed by atoms with E-state index in [1.807, 2.05) is 0 Å². The van der Waals surface area contributed by atoms with Crippen molar-refractivity contribution >= 4 is 23.6 Å². The number of aromatic carboxylic acids is 1. The van der Waals surface area contributed by atoms with E-state index in [-0.39, 0.29) is 34.8 Å². The first kappa shape index (κ1) is 26.0. The molecule has 0 atom stereocenters. The summed E-state index contributed by atoms with van der Waals surface area (Å²) < 4.78 is 45.2. The van der Waals surface area contributed by atoms with E-state index in [9.17, 15) is 27.6 Å². The van der Waals surface area contributed by atoms with Crippen LogP contribution in [0.5, 0.6) is 11.5 Å². The molecule has 3 rings (SSSR count). The number of pyridine rings is 1. The number of carboxylic acid groups (broad SMARTS) is 1. The molecule has 5 N–H and O–H groups in total. The van der Waals surface area contributed by atoms with Gasteiger partial charge in [0, 0.05) is 18.8 Å². The zero-order chi connectivity index (χ0) is 26.6. The van der Waals surface area contributed by atoms with Gasteiger partial charge in [-0.15, -0.1) is 0 Å². The van der Waals surface area contributed by atoms with Crippen LogP contribution in [0.1, 0.15) is 43.1 Å². The monoisotopic (exact) mass is 502 g/mol. The number of anilines is 1. The SMILES string of the molecule is Cc1cc(CNC(=O)Nc2cc(C(F)(F)F)cc(C)c2C(N)=O)ccc1Oc1ccnc(C(=O)O)c1. The number of rotatable bonds is 7. The third-order valence-corrected chi connectivity index (χ3v) is 5.03. The van der Waals surface area contributed by atoms with Crippen molar-refractivity contribution in [1.29, 1.82) is 0 Å². The molecule has 3 amide bonds. The molecule has 0 saturated carbocycles. The third-order valence-electron chi connectivity index (χ3n) is 5.03. The molecule has 188 valence electrons. The number of benzene rings is 2. The van der Waals surface area contributed by atoms with E-state index in [2.05, 4.69) is 15.6 Å². The number of carbonyl (C=O) groups is 3. The van der Waals surface area contributed by atoms with Gasteiger partial charge in [0.2, 0.25) is 0 Å². The summed E-state index contributed by atoms with van der Waals surface area (Å²) in [7, 11) is 0. The number of halogens is 3. The Morgan fingerprint density at radius 1 is 1.06 bits per heavy atom. The number of amides is 3. The van der Waals surface area contributed by atoms with Crippen LogP contribution in [0.2, 0.25) is 0 Å². The summed E-state index contributed by atoms with van der Waals surface area (Å²) in [6.07, 6.45) is -3.37. The van der Waals surface area contributed by atoms with E-state index < -0.39 is 29.6 Å². The second-order valence-corrected chi connectivity index (χ2v) is 7.77. The lowest BCUT2D eigenvalue weighted by Crippen LogP contribution is -2.30. The van der Waals surface area contributed by atoms with Crippen molar-refractivity contribution in [3.63, 3.8) is 0 Å². The first-order chi connectivity index (χ1) is 16.8. The van der Waals surface area contributed by atoms with Crippen LogP contribution < -0.4 is 21.1 Å². The van der Waals surface area contributed by atoms with Crippen molar-refractivity contribution in [3.05, 3.63) is 82.2 Å². The molecule has 0 fully saturated rings. The van der Waals surface area contributed by atoms with Gasteiger partial charge in [0.05, 0.1) is 16.8 Å². The van der Waals surface area contributed by atoms with Gasteiger partial charge in [-0.2, -0.15) is 13.2 Å². The van der Waals surface area contributed by atoms with Gasteiger partial charge in [-0.25, -0.2) is 14.6 Å². The van der Waals surface area contributed by atoms with Crippen LogP contribution in [0.3, 0.4) is 0 Å². The molecule has 12 heteroatoms. The fraction of sp³-hybridized carbons (Fsp3) is 0.167. The predicted molar refractivity (Wildman–Crippen MR) is 123 cm³/mol.